The van der Waals surface area contributed by atoms with Crippen molar-refractivity contribution in [2.24, 2.45) is 0 Å². The van der Waals surface area contributed by atoms with Crippen molar-refractivity contribution in [1.29, 1.82) is 0 Å². The summed E-state index contributed by atoms with van der Waals surface area (Å²) in [4.78, 5) is 22.2. The number of hydrogen-bond acceptors (Lipinski definition) is 6. The lowest BCUT2D eigenvalue weighted by molar-refractivity contribution is -0.384. The highest BCUT2D eigenvalue weighted by Gasteiger charge is 2.20. The molecule has 0 fully saturated rings. The molecular weight excluding hydrogens is 412 g/mol. The van der Waals surface area contributed by atoms with Crippen molar-refractivity contribution in [2.75, 3.05) is 6.61 Å². The first-order valence-electron chi connectivity index (χ1n) is 9.76. The van der Waals surface area contributed by atoms with Crippen molar-refractivity contribution in [3.63, 3.8) is 0 Å². The topological polar surface area (TPSA) is 113 Å². The largest absolute Gasteiger partial charge is 0.491 e. The van der Waals surface area contributed by atoms with Gasteiger partial charge in [0.05, 0.1) is 27.5 Å². The summed E-state index contributed by atoms with van der Waals surface area (Å²) in [5.74, 6) is 0.391. The first-order chi connectivity index (χ1) is 15.5. The highest BCUT2D eigenvalue weighted by molar-refractivity contribution is 5.83. The van der Waals surface area contributed by atoms with Crippen LogP contribution in [0, 0.1) is 20.2 Å². The summed E-state index contributed by atoms with van der Waals surface area (Å²) < 4.78 is 7.71. The Morgan fingerprint density at radius 2 is 1.47 bits per heavy atom. The van der Waals surface area contributed by atoms with Gasteiger partial charge in [-0.15, -0.1) is 0 Å². The van der Waals surface area contributed by atoms with E-state index in [4.69, 9.17) is 4.74 Å². The minimum Gasteiger partial charge on any atom is -0.491 e. The van der Waals surface area contributed by atoms with E-state index in [1.807, 2.05) is 0 Å². The molecule has 9 heteroatoms. The van der Waals surface area contributed by atoms with Crippen LogP contribution in [0.25, 0.3) is 22.3 Å². The van der Waals surface area contributed by atoms with E-state index in [1.54, 1.807) is 77.7 Å². The highest BCUT2D eigenvalue weighted by atomic mass is 16.6. The summed E-state index contributed by atoms with van der Waals surface area (Å²) in [5, 5.41) is 27.2. The monoisotopic (exact) mass is 430 g/mol. The maximum absolute atomic E-state index is 11.6. The van der Waals surface area contributed by atoms with Gasteiger partial charge in [-0.25, -0.2) is 0 Å². The molecule has 1 heterocycles. The van der Waals surface area contributed by atoms with Gasteiger partial charge in [0.25, 0.3) is 11.4 Å². The molecular formula is C23H18N4O5. The zero-order chi connectivity index (χ0) is 22.5. The molecule has 0 amide bonds. The summed E-state index contributed by atoms with van der Waals surface area (Å²) in [6.07, 6.45) is 3.46. The maximum Gasteiger partial charge on any atom is 0.277 e. The second kappa shape index (κ2) is 9.09. The van der Waals surface area contributed by atoms with Crippen LogP contribution in [0.2, 0.25) is 0 Å². The number of rotatable bonds is 8. The average molecular weight is 430 g/mol. The Labute approximate surface area is 182 Å². The lowest BCUT2D eigenvalue weighted by Gasteiger charge is -2.14. The fourth-order valence-corrected chi connectivity index (χ4v) is 3.45. The van der Waals surface area contributed by atoms with Crippen LogP contribution >= 0.6 is 0 Å². The summed E-state index contributed by atoms with van der Waals surface area (Å²) >= 11 is 0. The molecule has 9 nitrogen and oxygen atoms in total. The molecule has 4 aromatic rings. The molecule has 0 saturated carbocycles. The van der Waals surface area contributed by atoms with E-state index in [0.29, 0.717) is 34.5 Å². The number of nitro groups is 2. The SMILES string of the molecule is O=[N+]([O-])c1ccccc1-c1ccc(-c2ccccc2[N+](=O)[O-])c(OCCn2cccn2)c1. The Kier molecular flexibility index (Phi) is 5.89. The standard InChI is InChI=1S/C23H18N4O5/c28-26(29)21-8-3-1-6-18(21)17-10-11-20(19-7-2-4-9-22(19)27(30)31)23(16-17)32-15-14-25-13-5-12-24-25/h1-13,16H,14-15H2. The second-order valence-corrected chi connectivity index (χ2v) is 6.88. The van der Waals surface area contributed by atoms with Crippen molar-refractivity contribution in [2.45, 2.75) is 6.54 Å². The molecule has 0 aliphatic heterocycles. The van der Waals surface area contributed by atoms with Crippen LogP contribution in [0.1, 0.15) is 0 Å². The van der Waals surface area contributed by atoms with Gasteiger partial charge in [-0.3, -0.25) is 24.9 Å². The minimum atomic E-state index is -0.446. The predicted molar refractivity (Wildman–Crippen MR) is 118 cm³/mol. The Hall–Kier alpha value is -4.53. The van der Waals surface area contributed by atoms with Crippen LogP contribution in [0.3, 0.4) is 0 Å². The van der Waals surface area contributed by atoms with E-state index in [0.717, 1.165) is 0 Å². The van der Waals surface area contributed by atoms with Gasteiger partial charge in [-0.05, 0) is 35.9 Å². The molecule has 0 N–H and O–H groups in total. The normalized spacial score (nSPS) is 10.6. The number of nitrogens with zero attached hydrogens (tertiary/aromatic N) is 4. The molecule has 32 heavy (non-hydrogen) atoms. The van der Waals surface area contributed by atoms with Crippen LogP contribution in [0.5, 0.6) is 5.75 Å². The molecule has 0 aliphatic rings. The number of hydrogen-bond donors (Lipinski definition) is 0. The van der Waals surface area contributed by atoms with Crippen LogP contribution in [-0.4, -0.2) is 26.2 Å². The Bertz CT molecular complexity index is 1270. The Balaban J connectivity index is 1.78. The summed E-state index contributed by atoms with van der Waals surface area (Å²) in [7, 11) is 0. The van der Waals surface area contributed by atoms with Crippen LogP contribution in [0.15, 0.2) is 85.2 Å². The van der Waals surface area contributed by atoms with Crippen molar-refractivity contribution >= 4 is 11.4 Å². The molecule has 0 radical (unpaired) electrons. The average Bonchev–Trinajstić information content (AvgIpc) is 3.32. The third-order valence-corrected chi connectivity index (χ3v) is 4.92. The zero-order valence-electron chi connectivity index (χ0n) is 16.8. The third-order valence-electron chi connectivity index (χ3n) is 4.92. The molecule has 0 atom stereocenters. The van der Waals surface area contributed by atoms with E-state index in [2.05, 4.69) is 5.10 Å². The van der Waals surface area contributed by atoms with E-state index in [-0.39, 0.29) is 18.0 Å². The summed E-state index contributed by atoms with van der Waals surface area (Å²) in [5.41, 5.74) is 1.86. The number of aromatic nitrogens is 2. The Morgan fingerprint density at radius 1 is 0.812 bits per heavy atom. The molecule has 0 unspecified atom stereocenters. The van der Waals surface area contributed by atoms with Crippen molar-refractivity contribution < 1.29 is 14.6 Å². The summed E-state index contributed by atoms with van der Waals surface area (Å²) in [6, 6.07) is 19.7. The van der Waals surface area contributed by atoms with Crippen LogP contribution < -0.4 is 4.74 Å². The molecule has 3 aromatic carbocycles. The van der Waals surface area contributed by atoms with Gasteiger partial charge in [0.2, 0.25) is 0 Å². The number of para-hydroxylation sites is 2. The van der Waals surface area contributed by atoms with Crippen molar-refractivity contribution in [3.05, 3.63) is 105 Å². The highest BCUT2D eigenvalue weighted by Crippen LogP contribution is 2.40. The van der Waals surface area contributed by atoms with Gasteiger partial charge in [-0.1, -0.05) is 30.3 Å². The fraction of sp³-hybridized carbons (Fsp3) is 0.0870. The number of ether oxygens (including phenoxy) is 1. The lowest BCUT2D eigenvalue weighted by atomic mass is 9.97. The fourth-order valence-electron chi connectivity index (χ4n) is 3.45. The second-order valence-electron chi connectivity index (χ2n) is 6.88. The summed E-state index contributed by atoms with van der Waals surface area (Å²) in [6.45, 7) is 0.731. The van der Waals surface area contributed by atoms with E-state index in [9.17, 15) is 20.2 Å². The van der Waals surface area contributed by atoms with Gasteiger partial charge in [0, 0.05) is 30.1 Å². The molecule has 0 bridgehead atoms. The van der Waals surface area contributed by atoms with Gasteiger partial charge >= 0.3 is 0 Å². The molecule has 0 aliphatic carbocycles. The van der Waals surface area contributed by atoms with Crippen LogP contribution in [0.4, 0.5) is 11.4 Å². The van der Waals surface area contributed by atoms with Gasteiger partial charge in [-0.2, -0.15) is 5.10 Å². The quantitative estimate of drug-likeness (QED) is 0.283. The van der Waals surface area contributed by atoms with Gasteiger partial charge in [0.15, 0.2) is 0 Å². The van der Waals surface area contributed by atoms with E-state index < -0.39 is 9.85 Å². The third kappa shape index (κ3) is 4.31. The predicted octanol–water partition coefficient (Wildman–Crippen LogP) is 5.11. The van der Waals surface area contributed by atoms with Crippen molar-refractivity contribution in [3.8, 4) is 28.0 Å². The molecule has 4 rings (SSSR count). The molecule has 1 aromatic heterocycles. The first kappa shape index (κ1) is 20.7. The smallest absolute Gasteiger partial charge is 0.277 e. The maximum atomic E-state index is 11.6. The van der Waals surface area contributed by atoms with Gasteiger partial charge in [0.1, 0.15) is 12.4 Å². The molecule has 0 spiro atoms. The van der Waals surface area contributed by atoms with Crippen LogP contribution in [-0.2, 0) is 6.54 Å². The Morgan fingerprint density at radius 3 is 2.12 bits per heavy atom. The first-order valence-corrected chi connectivity index (χ1v) is 9.76. The van der Waals surface area contributed by atoms with Gasteiger partial charge < -0.3 is 4.74 Å². The minimum absolute atomic E-state index is 0.0339. The molecule has 0 saturated heterocycles. The number of benzene rings is 3. The van der Waals surface area contributed by atoms with E-state index >= 15 is 0 Å². The lowest BCUT2D eigenvalue weighted by Crippen LogP contribution is -2.09. The van der Waals surface area contributed by atoms with Crippen molar-refractivity contribution in [1.82, 2.24) is 9.78 Å². The molecule has 160 valence electrons. The zero-order valence-corrected chi connectivity index (χ0v) is 16.8. The van der Waals surface area contributed by atoms with E-state index in [1.165, 1.54) is 12.1 Å². The number of nitro benzene ring substituents is 2.